The number of aliphatic carboxylic acids is 1. The van der Waals surface area contributed by atoms with Gasteiger partial charge in [-0.1, -0.05) is 64.7 Å². The van der Waals surface area contributed by atoms with E-state index in [1.54, 1.807) is 0 Å². The molecule has 0 aromatic carbocycles. The largest absolute Gasteiger partial charge is 0.480 e. The number of nitrogens with one attached hydrogen (secondary N) is 3. The molecule has 180 valence electrons. The zero-order valence-corrected chi connectivity index (χ0v) is 19.7. The van der Waals surface area contributed by atoms with Crippen LogP contribution in [-0.4, -0.2) is 54.7 Å². The summed E-state index contributed by atoms with van der Waals surface area (Å²) >= 11 is 0. The first-order chi connectivity index (χ1) is 15.1. The average Bonchev–Trinajstić information content (AvgIpc) is 2.99. The molecule has 1 aliphatic rings. The fourth-order valence-corrected chi connectivity index (χ4v) is 3.79. The molecule has 4 N–H and O–H groups in total. The van der Waals surface area contributed by atoms with Crippen LogP contribution in [0.15, 0.2) is 11.8 Å². The standard InChI is InChI=1S/C24H46N4O3/c1-2-3-4-5-6-7-8-9-10-13-16-26-23(29)15-12-11-14-22-19-25-17-18-28(21-22)27-20-24(30)31/h21,25,27H,2-20H2,1H3,(H,26,29)(H,30,31). The van der Waals surface area contributed by atoms with Gasteiger partial charge in [-0.25, -0.2) is 5.43 Å². The zero-order valence-electron chi connectivity index (χ0n) is 19.7. The molecule has 7 heteroatoms. The van der Waals surface area contributed by atoms with Crippen LogP contribution < -0.4 is 16.1 Å². The Morgan fingerprint density at radius 3 is 2.35 bits per heavy atom. The van der Waals surface area contributed by atoms with E-state index in [2.05, 4.69) is 23.0 Å². The molecule has 7 nitrogen and oxygen atoms in total. The van der Waals surface area contributed by atoms with Gasteiger partial charge in [-0.05, 0) is 31.3 Å². The van der Waals surface area contributed by atoms with Crippen molar-refractivity contribution in [3.8, 4) is 0 Å². The van der Waals surface area contributed by atoms with Gasteiger partial charge in [0.25, 0.3) is 0 Å². The number of hydrazine groups is 1. The minimum absolute atomic E-state index is 0.0804. The quantitative estimate of drug-likeness (QED) is 0.228. The first-order valence-corrected chi connectivity index (χ1v) is 12.5. The minimum atomic E-state index is -0.865. The highest BCUT2D eigenvalue weighted by atomic mass is 16.4. The van der Waals surface area contributed by atoms with E-state index in [1.165, 1.54) is 63.4 Å². The second kappa shape index (κ2) is 19.1. The highest BCUT2D eigenvalue weighted by molar-refractivity contribution is 5.75. The Balaban J connectivity index is 1.98. The summed E-state index contributed by atoms with van der Waals surface area (Å²) in [6, 6.07) is 0. The number of carboxylic acids is 1. The zero-order chi connectivity index (χ0) is 22.6. The number of rotatable bonds is 19. The van der Waals surface area contributed by atoms with Crippen LogP contribution in [0.5, 0.6) is 0 Å². The molecule has 0 aliphatic carbocycles. The Morgan fingerprint density at radius 2 is 1.68 bits per heavy atom. The Labute approximate surface area is 189 Å². The highest BCUT2D eigenvalue weighted by Crippen LogP contribution is 2.12. The molecule has 1 heterocycles. The lowest BCUT2D eigenvalue weighted by molar-refractivity contribution is -0.136. The predicted octanol–water partition coefficient (Wildman–Crippen LogP) is 3.96. The molecule has 0 spiro atoms. The number of amides is 1. The number of carbonyl (C=O) groups excluding carboxylic acids is 1. The van der Waals surface area contributed by atoms with Crippen molar-refractivity contribution in [3.63, 3.8) is 0 Å². The maximum atomic E-state index is 12.0. The van der Waals surface area contributed by atoms with Gasteiger partial charge in [-0.3, -0.25) is 9.59 Å². The first-order valence-electron chi connectivity index (χ1n) is 12.5. The second-order valence-corrected chi connectivity index (χ2v) is 8.63. The van der Waals surface area contributed by atoms with E-state index in [1.807, 2.05) is 11.2 Å². The van der Waals surface area contributed by atoms with Crippen molar-refractivity contribution in [1.29, 1.82) is 0 Å². The molecule has 0 aromatic rings. The van der Waals surface area contributed by atoms with Crippen LogP contribution in [0, 0.1) is 0 Å². The number of hydrogen-bond donors (Lipinski definition) is 4. The van der Waals surface area contributed by atoms with E-state index in [0.717, 1.165) is 51.9 Å². The van der Waals surface area contributed by atoms with Crippen molar-refractivity contribution in [2.45, 2.75) is 96.8 Å². The third kappa shape index (κ3) is 16.7. The van der Waals surface area contributed by atoms with Crippen LogP contribution in [0.25, 0.3) is 0 Å². The fourth-order valence-electron chi connectivity index (χ4n) is 3.79. The van der Waals surface area contributed by atoms with Gasteiger partial charge in [0.05, 0.1) is 0 Å². The van der Waals surface area contributed by atoms with E-state index >= 15 is 0 Å². The second-order valence-electron chi connectivity index (χ2n) is 8.63. The van der Waals surface area contributed by atoms with Gasteiger partial charge >= 0.3 is 5.97 Å². The summed E-state index contributed by atoms with van der Waals surface area (Å²) in [6.45, 7) is 5.34. The van der Waals surface area contributed by atoms with Crippen LogP contribution in [0.3, 0.4) is 0 Å². The lowest BCUT2D eigenvalue weighted by Crippen LogP contribution is -2.39. The Kier molecular flexibility index (Phi) is 16.9. The third-order valence-corrected chi connectivity index (χ3v) is 5.66. The number of nitrogens with zero attached hydrogens (tertiary/aromatic N) is 1. The number of carbonyl (C=O) groups is 2. The molecule has 0 unspecified atom stereocenters. The smallest absolute Gasteiger partial charge is 0.319 e. The summed E-state index contributed by atoms with van der Waals surface area (Å²) in [5, 5.41) is 17.1. The summed E-state index contributed by atoms with van der Waals surface area (Å²) in [4.78, 5) is 22.7. The van der Waals surface area contributed by atoms with Gasteiger partial charge in [0.1, 0.15) is 6.54 Å². The van der Waals surface area contributed by atoms with Crippen LogP contribution >= 0.6 is 0 Å². The van der Waals surface area contributed by atoms with Crippen molar-refractivity contribution in [2.24, 2.45) is 0 Å². The molecular formula is C24H46N4O3. The van der Waals surface area contributed by atoms with Crippen LogP contribution in [0.2, 0.25) is 0 Å². The SMILES string of the molecule is CCCCCCCCCCCCNC(=O)CCCCC1=CN(NCC(=O)O)CCNC1. The Bertz CT molecular complexity index is 511. The molecule has 0 bridgehead atoms. The van der Waals surface area contributed by atoms with E-state index in [9.17, 15) is 9.59 Å². The molecule has 0 atom stereocenters. The van der Waals surface area contributed by atoms with Gasteiger partial charge in [-0.15, -0.1) is 0 Å². The van der Waals surface area contributed by atoms with Crippen LogP contribution in [-0.2, 0) is 9.59 Å². The maximum absolute atomic E-state index is 12.0. The molecule has 1 amide bonds. The van der Waals surface area contributed by atoms with Gasteiger partial charge in [0.15, 0.2) is 0 Å². The number of unbranched alkanes of at least 4 members (excludes halogenated alkanes) is 10. The molecule has 0 aromatic heterocycles. The van der Waals surface area contributed by atoms with E-state index in [0.29, 0.717) is 6.42 Å². The lowest BCUT2D eigenvalue weighted by Gasteiger charge is -2.19. The van der Waals surface area contributed by atoms with Crippen LogP contribution in [0.4, 0.5) is 0 Å². The van der Waals surface area contributed by atoms with Crippen molar-refractivity contribution >= 4 is 11.9 Å². The van der Waals surface area contributed by atoms with Crippen molar-refractivity contribution in [1.82, 2.24) is 21.1 Å². The molecule has 0 radical (unpaired) electrons. The summed E-state index contributed by atoms with van der Waals surface area (Å²) < 4.78 is 0. The van der Waals surface area contributed by atoms with Crippen molar-refractivity contribution in [3.05, 3.63) is 11.8 Å². The van der Waals surface area contributed by atoms with Gasteiger partial charge in [-0.2, -0.15) is 0 Å². The summed E-state index contributed by atoms with van der Waals surface area (Å²) in [6.07, 6.45) is 18.5. The van der Waals surface area contributed by atoms with Crippen LogP contribution in [0.1, 0.15) is 96.8 Å². The normalized spacial score (nSPS) is 14.2. The van der Waals surface area contributed by atoms with Crippen molar-refractivity contribution < 1.29 is 14.7 Å². The monoisotopic (exact) mass is 438 g/mol. The average molecular weight is 439 g/mol. The molecule has 1 aliphatic heterocycles. The van der Waals surface area contributed by atoms with Gasteiger partial charge < -0.3 is 20.7 Å². The molecule has 31 heavy (non-hydrogen) atoms. The van der Waals surface area contributed by atoms with Gasteiger partial charge in [0, 0.05) is 38.8 Å². The van der Waals surface area contributed by atoms with E-state index in [4.69, 9.17) is 5.11 Å². The summed E-state index contributed by atoms with van der Waals surface area (Å²) in [5.41, 5.74) is 4.14. The fraction of sp³-hybridized carbons (Fsp3) is 0.833. The first kappa shape index (κ1) is 27.4. The molecule has 0 saturated heterocycles. The Morgan fingerprint density at radius 1 is 1.00 bits per heavy atom. The lowest BCUT2D eigenvalue weighted by atomic mass is 10.1. The predicted molar refractivity (Wildman–Crippen MR) is 127 cm³/mol. The van der Waals surface area contributed by atoms with E-state index in [-0.39, 0.29) is 12.5 Å². The molecule has 0 saturated carbocycles. The summed E-state index contributed by atoms with van der Waals surface area (Å²) in [5.74, 6) is -0.704. The number of carboxylic acid groups (broad SMARTS) is 1. The van der Waals surface area contributed by atoms with E-state index < -0.39 is 5.97 Å². The molecule has 0 fully saturated rings. The number of hydrogen-bond acceptors (Lipinski definition) is 5. The topological polar surface area (TPSA) is 93.7 Å². The minimum Gasteiger partial charge on any atom is -0.480 e. The maximum Gasteiger partial charge on any atom is 0.319 e. The Hall–Kier alpha value is -1.60. The third-order valence-electron chi connectivity index (χ3n) is 5.66. The summed E-state index contributed by atoms with van der Waals surface area (Å²) in [7, 11) is 0. The molecular weight excluding hydrogens is 392 g/mol. The van der Waals surface area contributed by atoms with Gasteiger partial charge in [0.2, 0.25) is 5.91 Å². The van der Waals surface area contributed by atoms with Crippen molar-refractivity contribution in [2.75, 3.05) is 32.7 Å². The highest BCUT2D eigenvalue weighted by Gasteiger charge is 2.09. The molecule has 1 rings (SSSR count).